The van der Waals surface area contributed by atoms with Gasteiger partial charge in [-0.1, -0.05) is 0 Å². The number of hydrogen-bond donors (Lipinski definition) is 0. The zero-order chi connectivity index (χ0) is 11.7. The van der Waals surface area contributed by atoms with Crippen LogP contribution in [0.15, 0.2) is 21.0 Å². The van der Waals surface area contributed by atoms with E-state index in [4.69, 9.17) is 20.4 Å². The van der Waals surface area contributed by atoms with E-state index in [9.17, 15) is 10.1 Å². The van der Waals surface area contributed by atoms with Crippen molar-refractivity contribution in [3.05, 3.63) is 28.1 Å². The molecule has 0 amide bonds. The molecule has 1 atom stereocenters. The maximum Gasteiger partial charge on any atom is 0.433 e. The highest BCUT2D eigenvalue weighted by molar-refractivity contribution is 6.20. The van der Waals surface area contributed by atoms with E-state index in [-0.39, 0.29) is 23.4 Å². The normalized spacial score (nSPS) is 12.6. The summed E-state index contributed by atoms with van der Waals surface area (Å²) in [5.41, 5.74) is 0. The van der Waals surface area contributed by atoms with E-state index in [1.807, 2.05) is 0 Å². The number of aromatic nitrogens is 2. The Bertz CT molecular complexity index is 519. The van der Waals surface area contributed by atoms with Gasteiger partial charge in [-0.05, 0) is 13.0 Å². The fourth-order valence-electron chi connectivity index (χ4n) is 1.04. The fourth-order valence-corrected chi connectivity index (χ4v) is 1.12. The van der Waals surface area contributed by atoms with Crippen molar-refractivity contribution in [1.82, 2.24) is 10.2 Å². The van der Waals surface area contributed by atoms with Crippen LogP contribution in [0.5, 0.6) is 0 Å². The molecule has 0 N–H and O–H groups in total. The van der Waals surface area contributed by atoms with Crippen LogP contribution in [0.3, 0.4) is 0 Å². The van der Waals surface area contributed by atoms with Gasteiger partial charge in [0.05, 0.1) is 6.07 Å². The van der Waals surface area contributed by atoms with Gasteiger partial charge < -0.3 is 8.83 Å². The minimum Gasteiger partial charge on any atom is -0.417 e. The Hall–Kier alpha value is -1.89. The molecule has 16 heavy (non-hydrogen) atoms. The summed E-state index contributed by atoms with van der Waals surface area (Å²) in [6.07, 6.45) is 0. The molecule has 1 unspecified atom stereocenters. The van der Waals surface area contributed by atoms with Crippen molar-refractivity contribution in [2.45, 2.75) is 12.3 Å². The van der Waals surface area contributed by atoms with Crippen molar-refractivity contribution in [2.24, 2.45) is 0 Å². The lowest BCUT2D eigenvalue weighted by Crippen LogP contribution is -1.82. The number of hydrogen-bond acceptors (Lipinski definition) is 6. The number of nitro groups is 1. The summed E-state index contributed by atoms with van der Waals surface area (Å²) < 4.78 is 10.0. The first kappa shape index (κ1) is 10.6. The third-order valence-corrected chi connectivity index (χ3v) is 1.95. The lowest BCUT2D eigenvalue weighted by atomic mass is 10.4. The zero-order valence-electron chi connectivity index (χ0n) is 8.08. The Morgan fingerprint density at radius 3 is 2.69 bits per heavy atom. The topological polar surface area (TPSA) is 95.2 Å². The molecule has 0 saturated heterocycles. The lowest BCUT2D eigenvalue weighted by molar-refractivity contribution is -0.401. The minimum absolute atomic E-state index is 0.0654. The molecular formula is C8H6ClN3O4. The van der Waals surface area contributed by atoms with Crippen LogP contribution in [0.2, 0.25) is 0 Å². The Kier molecular flexibility index (Phi) is 2.61. The van der Waals surface area contributed by atoms with Gasteiger partial charge in [0.15, 0.2) is 5.76 Å². The Morgan fingerprint density at radius 1 is 1.44 bits per heavy atom. The van der Waals surface area contributed by atoms with Crippen LogP contribution in [0.25, 0.3) is 11.7 Å². The highest BCUT2D eigenvalue weighted by Crippen LogP contribution is 2.27. The average Bonchev–Trinajstić information content (AvgIpc) is 2.86. The van der Waals surface area contributed by atoms with Crippen molar-refractivity contribution in [3.63, 3.8) is 0 Å². The van der Waals surface area contributed by atoms with Gasteiger partial charge in [0.2, 0.25) is 5.89 Å². The van der Waals surface area contributed by atoms with Gasteiger partial charge in [0.25, 0.3) is 5.89 Å². The summed E-state index contributed by atoms with van der Waals surface area (Å²) in [5.74, 6) is 0.0581. The van der Waals surface area contributed by atoms with E-state index in [0.29, 0.717) is 0 Å². The predicted molar refractivity (Wildman–Crippen MR) is 52.9 cm³/mol. The van der Waals surface area contributed by atoms with Crippen molar-refractivity contribution in [2.75, 3.05) is 0 Å². The van der Waals surface area contributed by atoms with E-state index in [2.05, 4.69) is 10.2 Å². The Labute approximate surface area is 94.2 Å². The lowest BCUT2D eigenvalue weighted by Gasteiger charge is -1.91. The molecule has 0 saturated carbocycles. The van der Waals surface area contributed by atoms with Crippen LogP contribution in [0.1, 0.15) is 18.2 Å². The largest absolute Gasteiger partial charge is 0.433 e. The molecule has 2 aromatic heterocycles. The molecule has 2 aromatic rings. The van der Waals surface area contributed by atoms with E-state index < -0.39 is 10.3 Å². The molecule has 2 heterocycles. The van der Waals surface area contributed by atoms with Gasteiger partial charge in [-0.15, -0.1) is 21.8 Å². The third kappa shape index (κ3) is 1.89. The second-order valence-electron chi connectivity index (χ2n) is 2.96. The highest BCUT2D eigenvalue weighted by Gasteiger charge is 2.18. The van der Waals surface area contributed by atoms with Crippen LogP contribution < -0.4 is 0 Å². The van der Waals surface area contributed by atoms with E-state index in [0.717, 1.165) is 0 Å². The average molecular weight is 244 g/mol. The maximum atomic E-state index is 10.4. The molecular weight excluding hydrogens is 238 g/mol. The zero-order valence-corrected chi connectivity index (χ0v) is 8.84. The third-order valence-electron chi connectivity index (χ3n) is 1.76. The number of nitrogens with zero attached hydrogens (tertiary/aromatic N) is 3. The van der Waals surface area contributed by atoms with Crippen LogP contribution in [-0.4, -0.2) is 15.1 Å². The van der Waals surface area contributed by atoms with Crippen LogP contribution in [0, 0.1) is 10.1 Å². The van der Waals surface area contributed by atoms with Crippen molar-refractivity contribution in [1.29, 1.82) is 0 Å². The maximum absolute atomic E-state index is 10.4. The second kappa shape index (κ2) is 3.93. The number of halogens is 1. The predicted octanol–water partition coefficient (Wildman–Crippen LogP) is 2.54. The molecule has 0 aliphatic heterocycles. The molecule has 0 aliphatic rings. The molecule has 0 fully saturated rings. The number of rotatable bonds is 3. The van der Waals surface area contributed by atoms with Crippen molar-refractivity contribution < 1.29 is 13.8 Å². The molecule has 7 nitrogen and oxygen atoms in total. The first-order chi connectivity index (χ1) is 7.58. The molecule has 0 aliphatic carbocycles. The summed E-state index contributed by atoms with van der Waals surface area (Å²) in [6.45, 7) is 1.67. The molecule has 0 spiro atoms. The van der Waals surface area contributed by atoms with Gasteiger partial charge in [0, 0.05) is 0 Å². The summed E-state index contributed by atoms with van der Waals surface area (Å²) in [6, 6.07) is 2.59. The first-order valence-corrected chi connectivity index (χ1v) is 4.73. The highest BCUT2D eigenvalue weighted by atomic mass is 35.5. The van der Waals surface area contributed by atoms with Crippen molar-refractivity contribution in [3.8, 4) is 11.7 Å². The van der Waals surface area contributed by atoms with E-state index in [1.165, 1.54) is 12.1 Å². The summed E-state index contributed by atoms with van der Waals surface area (Å²) >= 11 is 5.72. The quantitative estimate of drug-likeness (QED) is 0.467. The molecule has 8 heteroatoms. The fraction of sp³-hybridized carbons (Fsp3) is 0.250. The molecule has 0 aromatic carbocycles. The van der Waals surface area contributed by atoms with Gasteiger partial charge in [0.1, 0.15) is 10.3 Å². The van der Waals surface area contributed by atoms with Crippen LogP contribution in [0.4, 0.5) is 5.88 Å². The number of furan rings is 1. The van der Waals surface area contributed by atoms with Gasteiger partial charge in [-0.3, -0.25) is 10.1 Å². The van der Waals surface area contributed by atoms with Gasteiger partial charge >= 0.3 is 5.88 Å². The first-order valence-electron chi connectivity index (χ1n) is 4.30. The van der Waals surface area contributed by atoms with Crippen LogP contribution >= 0.6 is 11.6 Å². The smallest absolute Gasteiger partial charge is 0.417 e. The monoisotopic (exact) mass is 243 g/mol. The second-order valence-corrected chi connectivity index (χ2v) is 3.61. The Balaban J connectivity index is 2.31. The van der Waals surface area contributed by atoms with Crippen molar-refractivity contribution >= 4 is 17.5 Å². The van der Waals surface area contributed by atoms with E-state index in [1.54, 1.807) is 6.92 Å². The summed E-state index contributed by atoms with van der Waals surface area (Å²) in [5, 5.41) is 17.3. The number of alkyl halides is 1. The molecule has 0 bridgehead atoms. The summed E-state index contributed by atoms with van der Waals surface area (Å²) in [7, 11) is 0. The van der Waals surface area contributed by atoms with Crippen LogP contribution in [-0.2, 0) is 0 Å². The Morgan fingerprint density at radius 2 is 2.19 bits per heavy atom. The molecule has 2 rings (SSSR count). The minimum atomic E-state index is -0.648. The summed E-state index contributed by atoms with van der Waals surface area (Å²) in [4.78, 5) is 9.74. The molecule has 84 valence electrons. The standard InChI is InChI=1S/C8H6ClN3O4/c1-4(9)7-10-11-8(16-7)5-2-3-6(15-5)12(13)14/h2-4H,1H3. The molecule has 0 radical (unpaired) electrons. The van der Waals surface area contributed by atoms with Gasteiger partial charge in [-0.2, -0.15) is 0 Å². The van der Waals surface area contributed by atoms with Gasteiger partial charge in [-0.25, -0.2) is 0 Å². The van der Waals surface area contributed by atoms with E-state index >= 15 is 0 Å². The SMILES string of the molecule is CC(Cl)c1nnc(-c2ccc([N+](=O)[O-])o2)o1.